The third-order valence-corrected chi connectivity index (χ3v) is 3.49. The summed E-state index contributed by atoms with van der Waals surface area (Å²) in [5.74, 6) is -0.882. The molecule has 0 spiro atoms. The molecule has 1 heterocycles. The van der Waals surface area contributed by atoms with Gasteiger partial charge in [0.25, 0.3) is 0 Å². The molecule has 1 aromatic carbocycles. The maximum absolute atomic E-state index is 12.0. The molecule has 0 atom stereocenters. The summed E-state index contributed by atoms with van der Waals surface area (Å²) in [4.78, 5) is 22.7. The van der Waals surface area contributed by atoms with Crippen LogP contribution in [0.1, 0.15) is 32.3 Å². The van der Waals surface area contributed by atoms with Gasteiger partial charge < -0.3 is 15.7 Å². The smallest absolute Gasteiger partial charge is 0.319 e. The van der Waals surface area contributed by atoms with Gasteiger partial charge in [-0.3, -0.25) is 9.48 Å². The van der Waals surface area contributed by atoms with E-state index in [4.69, 9.17) is 5.11 Å². The number of carbonyl (C=O) groups excluding carboxylic acids is 1. The number of urea groups is 1. The highest BCUT2D eigenvalue weighted by atomic mass is 16.4. The van der Waals surface area contributed by atoms with Crippen molar-refractivity contribution in [3.63, 3.8) is 0 Å². The predicted octanol–water partition coefficient (Wildman–Crippen LogP) is 2.70. The van der Waals surface area contributed by atoms with Gasteiger partial charge in [0.2, 0.25) is 0 Å². The first kappa shape index (κ1) is 17.5. The third kappa shape index (κ3) is 5.75. The molecular formula is C17H22N4O3. The Hall–Kier alpha value is -2.83. The van der Waals surface area contributed by atoms with Gasteiger partial charge in [0, 0.05) is 18.2 Å². The van der Waals surface area contributed by atoms with Gasteiger partial charge in [0.15, 0.2) is 0 Å². The normalized spacial score (nSPS) is 11.1. The summed E-state index contributed by atoms with van der Waals surface area (Å²) in [6.07, 6.45) is 3.68. The van der Waals surface area contributed by atoms with E-state index in [-0.39, 0.29) is 12.5 Å². The van der Waals surface area contributed by atoms with Crippen molar-refractivity contribution in [1.82, 2.24) is 15.1 Å². The van der Waals surface area contributed by atoms with E-state index in [9.17, 15) is 9.59 Å². The number of carboxylic acids is 1. The summed E-state index contributed by atoms with van der Waals surface area (Å²) in [5.41, 5.74) is 1.09. The van der Waals surface area contributed by atoms with Crippen LogP contribution < -0.4 is 10.6 Å². The zero-order chi connectivity index (χ0) is 17.6. The molecule has 2 rings (SSSR count). The van der Waals surface area contributed by atoms with Crippen molar-refractivity contribution in [2.45, 2.75) is 38.8 Å². The summed E-state index contributed by atoms with van der Waals surface area (Å²) in [6, 6.07) is 9.51. The van der Waals surface area contributed by atoms with E-state index < -0.39 is 11.5 Å². The van der Waals surface area contributed by atoms with Crippen LogP contribution in [-0.2, 0) is 11.3 Å². The van der Waals surface area contributed by atoms with Gasteiger partial charge in [-0.15, -0.1) is 0 Å². The number of hydrogen-bond acceptors (Lipinski definition) is 3. The van der Waals surface area contributed by atoms with E-state index in [1.54, 1.807) is 30.9 Å². The van der Waals surface area contributed by atoms with E-state index in [2.05, 4.69) is 15.7 Å². The Morgan fingerprint density at radius 1 is 1.25 bits per heavy atom. The fraction of sp³-hybridized carbons (Fsp3) is 0.353. The molecule has 0 saturated carbocycles. The van der Waals surface area contributed by atoms with Gasteiger partial charge >= 0.3 is 12.0 Å². The molecule has 24 heavy (non-hydrogen) atoms. The zero-order valence-corrected chi connectivity index (χ0v) is 13.8. The first-order valence-corrected chi connectivity index (χ1v) is 7.71. The largest absolute Gasteiger partial charge is 0.481 e. The Kier molecular flexibility index (Phi) is 5.57. The fourth-order valence-electron chi connectivity index (χ4n) is 2.24. The predicted molar refractivity (Wildman–Crippen MR) is 90.9 cm³/mol. The Morgan fingerprint density at radius 3 is 2.62 bits per heavy atom. The molecule has 1 aromatic heterocycles. The second kappa shape index (κ2) is 7.63. The first-order valence-electron chi connectivity index (χ1n) is 7.71. The van der Waals surface area contributed by atoms with Gasteiger partial charge in [-0.05, 0) is 25.8 Å². The number of nitrogens with zero attached hydrogens (tertiary/aromatic N) is 2. The molecule has 2 aromatic rings. The fourth-order valence-corrected chi connectivity index (χ4v) is 2.24. The minimum Gasteiger partial charge on any atom is -0.481 e. The van der Waals surface area contributed by atoms with Crippen LogP contribution in [0.15, 0.2) is 42.7 Å². The van der Waals surface area contributed by atoms with Gasteiger partial charge in [0.05, 0.1) is 18.4 Å². The second-order valence-electron chi connectivity index (χ2n) is 6.27. The van der Waals surface area contributed by atoms with Crippen molar-refractivity contribution in [2.75, 3.05) is 5.32 Å². The molecule has 128 valence electrons. The quantitative estimate of drug-likeness (QED) is 0.727. The highest BCUT2D eigenvalue weighted by Gasteiger charge is 2.21. The molecule has 0 aliphatic carbocycles. The molecule has 0 unspecified atom stereocenters. The van der Waals surface area contributed by atoms with E-state index in [0.717, 1.165) is 5.56 Å². The van der Waals surface area contributed by atoms with Crippen LogP contribution in [0.25, 0.3) is 0 Å². The van der Waals surface area contributed by atoms with Crippen molar-refractivity contribution < 1.29 is 14.7 Å². The molecule has 0 radical (unpaired) electrons. The van der Waals surface area contributed by atoms with Gasteiger partial charge in [-0.1, -0.05) is 30.3 Å². The van der Waals surface area contributed by atoms with Crippen LogP contribution in [0.3, 0.4) is 0 Å². The van der Waals surface area contributed by atoms with Gasteiger partial charge in [-0.2, -0.15) is 5.10 Å². The molecule has 3 N–H and O–H groups in total. The third-order valence-electron chi connectivity index (χ3n) is 3.49. The zero-order valence-electron chi connectivity index (χ0n) is 13.8. The maximum Gasteiger partial charge on any atom is 0.319 e. The molecule has 0 saturated heterocycles. The number of anilines is 1. The van der Waals surface area contributed by atoms with Gasteiger partial charge in [-0.25, -0.2) is 4.79 Å². The van der Waals surface area contributed by atoms with Crippen LogP contribution in [0.2, 0.25) is 0 Å². The molecule has 2 amide bonds. The minimum absolute atomic E-state index is 0.00227. The van der Waals surface area contributed by atoms with Crippen molar-refractivity contribution in [2.24, 2.45) is 0 Å². The van der Waals surface area contributed by atoms with E-state index >= 15 is 0 Å². The van der Waals surface area contributed by atoms with Gasteiger partial charge in [0.1, 0.15) is 0 Å². The van der Waals surface area contributed by atoms with Crippen LogP contribution in [0.5, 0.6) is 0 Å². The molecule has 7 heteroatoms. The highest BCUT2D eigenvalue weighted by Crippen LogP contribution is 2.13. The number of aliphatic carboxylic acids is 1. The lowest BCUT2D eigenvalue weighted by Gasteiger charge is -2.25. The molecule has 0 bridgehead atoms. The molecule has 0 aliphatic heterocycles. The van der Waals surface area contributed by atoms with Crippen LogP contribution in [0, 0.1) is 0 Å². The number of carbonyl (C=O) groups is 2. The summed E-state index contributed by atoms with van der Waals surface area (Å²) < 4.78 is 1.74. The summed E-state index contributed by atoms with van der Waals surface area (Å²) in [6.45, 7) is 4.19. The Bertz CT molecular complexity index is 695. The Labute approximate surface area is 140 Å². The average molecular weight is 330 g/mol. The van der Waals surface area contributed by atoms with E-state index in [1.165, 1.54) is 0 Å². The Morgan fingerprint density at radius 2 is 1.96 bits per heavy atom. The van der Waals surface area contributed by atoms with Crippen LogP contribution >= 0.6 is 0 Å². The van der Waals surface area contributed by atoms with E-state index in [1.807, 2.05) is 30.3 Å². The average Bonchev–Trinajstić information content (AvgIpc) is 2.92. The number of nitrogens with one attached hydrogen (secondary N) is 2. The highest BCUT2D eigenvalue weighted by molar-refractivity contribution is 5.89. The maximum atomic E-state index is 12.0. The Balaban J connectivity index is 1.87. The van der Waals surface area contributed by atoms with Crippen molar-refractivity contribution in [3.8, 4) is 0 Å². The monoisotopic (exact) mass is 330 g/mol. The lowest BCUT2D eigenvalue weighted by Crippen LogP contribution is -2.45. The van der Waals surface area contributed by atoms with Crippen LogP contribution in [0.4, 0.5) is 10.5 Å². The van der Waals surface area contributed by atoms with Crippen LogP contribution in [-0.4, -0.2) is 32.4 Å². The lowest BCUT2D eigenvalue weighted by atomic mass is 9.99. The first-order chi connectivity index (χ1) is 11.3. The number of aromatic nitrogens is 2. The summed E-state index contributed by atoms with van der Waals surface area (Å²) >= 11 is 0. The van der Waals surface area contributed by atoms with Crippen molar-refractivity contribution >= 4 is 17.7 Å². The molecule has 0 fully saturated rings. The summed E-state index contributed by atoms with van der Waals surface area (Å²) in [7, 11) is 0. The van der Waals surface area contributed by atoms with Crippen molar-refractivity contribution in [3.05, 3.63) is 48.3 Å². The number of hydrogen-bond donors (Lipinski definition) is 3. The molecular weight excluding hydrogens is 308 g/mol. The number of rotatable bonds is 7. The van der Waals surface area contributed by atoms with E-state index in [0.29, 0.717) is 18.7 Å². The molecule has 7 nitrogen and oxygen atoms in total. The minimum atomic E-state index is -0.882. The SMILES string of the molecule is CC(C)(CCC(=O)O)NC(=O)Nc1cnn(Cc2ccccc2)c1. The number of benzene rings is 1. The second-order valence-corrected chi connectivity index (χ2v) is 6.27. The van der Waals surface area contributed by atoms with Crippen molar-refractivity contribution in [1.29, 1.82) is 0 Å². The lowest BCUT2D eigenvalue weighted by molar-refractivity contribution is -0.137. The summed E-state index contributed by atoms with van der Waals surface area (Å²) in [5, 5.41) is 18.4. The standard InChI is InChI=1S/C17H22N4O3/c1-17(2,9-8-15(22)23)20-16(24)19-14-10-18-21(12-14)11-13-6-4-3-5-7-13/h3-7,10,12H,8-9,11H2,1-2H3,(H,22,23)(H2,19,20,24). The molecule has 0 aliphatic rings. The number of amides is 2. The number of carboxylic acid groups (broad SMARTS) is 1. The topological polar surface area (TPSA) is 96.2 Å².